The van der Waals surface area contributed by atoms with Crippen molar-refractivity contribution in [3.63, 3.8) is 0 Å². The molecule has 0 aromatic carbocycles. The zero-order valence-corrected chi connectivity index (χ0v) is 10.1. The molecule has 0 radical (unpaired) electrons. The van der Waals surface area contributed by atoms with Crippen molar-refractivity contribution in [2.24, 2.45) is 5.92 Å². The maximum atomic E-state index is 5.73. The van der Waals surface area contributed by atoms with Crippen molar-refractivity contribution in [3.8, 4) is 0 Å². The lowest BCUT2D eigenvalue weighted by Gasteiger charge is -2.23. The number of hydrogen-bond donors (Lipinski definition) is 1. The van der Waals surface area contributed by atoms with Crippen LogP contribution in [0.2, 0.25) is 0 Å². The van der Waals surface area contributed by atoms with Gasteiger partial charge in [-0.1, -0.05) is 13.8 Å². The molecule has 1 saturated heterocycles. The van der Waals surface area contributed by atoms with Gasteiger partial charge in [-0.2, -0.15) is 0 Å². The van der Waals surface area contributed by atoms with Crippen LogP contribution in [-0.4, -0.2) is 24.7 Å². The van der Waals surface area contributed by atoms with Crippen LogP contribution in [0.1, 0.15) is 30.5 Å². The lowest BCUT2D eigenvalue weighted by Crippen LogP contribution is -2.33. The van der Waals surface area contributed by atoms with Crippen molar-refractivity contribution in [2.75, 3.05) is 19.7 Å². The topological polar surface area (TPSA) is 34.2 Å². The third-order valence-corrected chi connectivity index (χ3v) is 3.37. The molecule has 1 aliphatic rings. The normalized spacial score (nSPS) is 22.2. The zero-order chi connectivity index (χ0) is 10.7. The van der Waals surface area contributed by atoms with Crippen LogP contribution in [0.4, 0.5) is 0 Å². The van der Waals surface area contributed by atoms with Crippen LogP contribution in [0.25, 0.3) is 0 Å². The quantitative estimate of drug-likeness (QED) is 0.856. The number of rotatable bonds is 3. The second-order valence-electron chi connectivity index (χ2n) is 4.32. The van der Waals surface area contributed by atoms with Crippen LogP contribution in [0, 0.1) is 5.92 Å². The molecule has 4 heteroatoms. The SMILES string of the molecule is CC(C)Cc1scnc1C1CNCCO1. The van der Waals surface area contributed by atoms with Gasteiger partial charge in [0.2, 0.25) is 0 Å². The van der Waals surface area contributed by atoms with Gasteiger partial charge >= 0.3 is 0 Å². The highest BCUT2D eigenvalue weighted by molar-refractivity contribution is 7.09. The van der Waals surface area contributed by atoms with E-state index in [1.165, 1.54) is 4.88 Å². The van der Waals surface area contributed by atoms with Crippen LogP contribution in [0.3, 0.4) is 0 Å². The highest BCUT2D eigenvalue weighted by Gasteiger charge is 2.21. The van der Waals surface area contributed by atoms with Crippen LogP contribution in [-0.2, 0) is 11.2 Å². The van der Waals surface area contributed by atoms with E-state index < -0.39 is 0 Å². The third kappa shape index (κ3) is 2.77. The molecule has 1 fully saturated rings. The summed E-state index contributed by atoms with van der Waals surface area (Å²) in [5, 5.41) is 3.34. The van der Waals surface area contributed by atoms with Gasteiger partial charge in [0.1, 0.15) is 6.10 Å². The van der Waals surface area contributed by atoms with Gasteiger partial charge in [0.15, 0.2) is 0 Å². The maximum absolute atomic E-state index is 5.73. The average molecular weight is 226 g/mol. The third-order valence-electron chi connectivity index (χ3n) is 2.50. The molecule has 1 aromatic rings. The van der Waals surface area contributed by atoms with Gasteiger partial charge in [0.25, 0.3) is 0 Å². The molecule has 2 rings (SSSR count). The molecule has 0 saturated carbocycles. The summed E-state index contributed by atoms with van der Waals surface area (Å²) in [4.78, 5) is 5.83. The monoisotopic (exact) mass is 226 g/mol. The molecule has 84 valence electrons. The van der Waals surface area contributed by atoms with Gasteiger partial charge < -0.3 is 10.1 Å². The molecule has 1 atom stereocenters. The van der Waals surface area contributed by atoms with Gasteiger partial charge in [-0.15, -0.1) is 11.3 Å². The molecular formula is C11H18N2OS. The first-order valence-corrected chi connectivity index (χ1v) is 6.40. The lowest BCUT2D eigenvalue weighted by molar-refractivity contribution is 0.0248. The number of nitrogens with one attached hydrogen (secondary N) is 1. The minimum atomic E-state index is 0.166. The van der Waals surface area contributed by atoms with E-state index in [-0.39, 0.29) is 6.10 Å². The highest BCUT2D eigenvalue weighted by atomic mass is 32.1. The maximum Gasteiger partial charge on any atom is 0.113 e. The second kappa shape index (κ2) is 5.05. The molecular weight excluding hydrogens is 208 g/mol. The fourth-order valence-corrected chi connectivity index (χ4v) is 2.83. The van der Waals surface area contributed by atoms with Crippen molar-refractivity contribution in [2.45, 2.75) is 26.4 Å². The van der Waals surface area contributed by atoms with E-state index in [0.717, 1.165) is 31.8 Å². The van der Waals surface area contributed by atoms with E-state index >= 15 is 0 Å². The van der Waals surface area contributed by atoms with Crippen molar-refractivity contribution < 1.29 is 4.74 Å². The Bertz CT molecular complexity index is 305. The molecule has 2 heterocycles. The summed E-state index contributed by atoms with van der Waals surface area (Å²) in [6, 6.07) is 0. The Hall–Kier alpha value is -0.450. The fourth-order valence-electron chi connectivity index (χ4n) is 1.81. The summed E-state index contributed by atoms with van der Waals surface area (Å²) in [5.74, 6) is 0.681. The van der Waals surface area contributed by atoms with E-state index in [4.69, 9.17) is 4.74 Å². The van der Waals surface area contributed by atoms with Gasteiger partial charge in [-0.05, 0) is 12.3 Å². The molecule has 3 nitrogen and oxygen atoms in total. The Morgan fingerprint density at radius 3 is 3.20 bits per heavy atom. The van der Waals surface area contributed by atoms with E-state index in [1.54, 1.807) is 11.3 Å². The number of ether oxygens (including phenoxy) is 1. The summed E-state index contributed by atoms with van der Waals surface area (Å²) in [6.07, 6.45) is 1.28. The number of aromatic nitrogens is 1. The lowest BCUT2D eigenvalue weighted by atomic mass is 10.1. The predicted octanol–water partition coefficient (Wildman–Crippen LogP) is 2.00. The number of morpholine rings is 1. The van der Waals surface area contributed by atoms with E-state index in [1.807, 2.05) is 5.51 Å². The number of hydrogen-bond acceptors (Lipinski definition) is 4. The number of thiazole rings is 1. The number of nitrogens with zero attached hydrogens (tertiary/aromatic N) is 1. The minimum absolute atomic E-state index is 0.166. The van der Waals surface area contributed by atoms with E-state index in [2.05, 4.69) is 24.1 Å². The summed E-state index contributed by atoms with van der Waals surface area (Å²) in [7, 11) is 0. The molecule has 1 N–H and O–H groups in total. The zero-order valence-electron chi connectivity index (χ0n) is 9.32. The van der Waals surface area contributed by atoms with Gasteiger partial charge in [-0.25, -0.2) is 4.98 Å². The van der Waals surface area contributed by atoms with E-state index in [0.29, 0.717) is 5.92 Å². The summed E-state index contributed by atoms with van der Waals surface area (Å²) in [6.45, 7) is 7.13. The van der Waals surface area contributed by atoms with Crippen molar-refractivity contribution >= 4 is 11.3 Å². The Morgan fingerprint density at radius 1 is 1.67 bits per heavy atom. The highest BCUT2D eigenvalue weighted by Crippen LogP contribution is 2.26. The fraction of sp³-hybridized carbons (Fsp3) is 0.727. The first kappa shape index (κ1) is 11.0. The Kier molecular flexibility index (Phi) is 3.72. The van der Waals surface area contributed by atoms with Gasteiger partial charge in [0, 0.05) is 18.0 Å². The summed E-state index contributed by atoms with van der Waals surface area (Å²) >= 11 is 1.75. The molecule has 0 bridgehead atoms. The smallest absolute Gasteiger partial charge is 0.113 e. The summed E-state index contributed by atoms with van der Waals surface area (Å²) in [5.41, 5.74) is 3.09. The molecule has 1 unspecified atom stereocenters. The largest absolute Gasteiger partial charge is 0.369 e. The average Bonchev–Trinajstić information content (AvgIpc) is 2.66. The van der Waals surface area contributed by atoms with Crippen LogP contribution < -0.4 is 5.32 Å². The van der Waals surface area contributed by atoms with Crippen molar-refractivity contribution in [1.82, 2.24) is 10.3 Å². The molecule has 0 spiro atoms. The van der Waals surface area contributed by atoms with Gasteiger partial charge in [0.05, 0.1) is 17.8 Å². The van der Waals surface area contributed by atoms with Gasteiger partial charge in [-0.3, -0.25) is 0 Å². The van der Waals surface area contributed by atoms with Crippen molar-refractivity contribution in [3.05, 3.63) is 16.1 Å². The Balaban J connectivity index is 2.09. The second-order valence-corrected chi connectivity index (χ2v) is 5.26. The molecule has 0 aliphatic carbocycles. The molecule has 1 aliphatic heterocycles. The first-order valence-electron chi connectivity index (χ1n) is 5.52. The van der Waals surface area contributed by atoms with Crippen LogP contribution in [0.15, 0.2) is 5.51 Å². The molecule has 1 aromatic heterocycles. The van der Waals surface area contributed by atoms with E-state index in [9.17, 15) is 0 Å². The molecule has 0 amide bonds. The Labute approximate surface area is 94.9 Å². The first-order chi connectivity index (χ1) is 7.27. The van der Waals surface area contributed by atoms with Crippen LogP contribution in [0.5, 0.6) is 0 Å². The Morgan fingerprint density at radius 2 is 2.53 bits per heavy atom. The summed E-state index contributed by atoms with van der Waals surface area (Å²) < 4.78 is 5.73. The predicted molar refractivity (Wildman–Crippen MR) is 62.2 cm³/mol. The minimum Gasteiger partial charge on any atom is -0.369 e. The molecule has 15 heavy (non-hydrogen) atoms. The van der Waals surface area contributed by atoms with Crippen molar-refractivity contribution in [1.29, 1.82) is 0 Å². The van der Waals surface area contributed by atoms with Crippen LogP contribution >= 0.6 is 11.3 Å². The standard InChI is InChI=1S/C11H18N2OS/c1-8(2)5-10-11(13-7-15-10)9-6-12-3-4-14-9/h7-9,12H,3-6H2,1-2H3.